The lowest BCUT2D eigenvalue weighted by Crippen LogP contribution is -2.44. The molecule has 0 radical (unpaired) electrons. The van der Waals surface area contributed by atoms with Crippen molar-refractivity contribution < 1.29 is 17.7 Å². The summed E-state index contributed by atoms with van der Waals surface area (Å²) in [5.41, 5.74) is 1.23. The Bertz CT molecular complexity index is 1400. The van der Waals surface area contributed by atoms with Gasteiger partial charge < -0.3 is 14.5 Å². The Labute approximate surface area is 207 Å². The van der Waals surface area contributed by atoms with Crippen LogP contribution in [0.1, 0.15) is 12.0 Å². The van der Waals surface area contributed by atoms with E-state index in [4.69, 9.17) is 4.74 Å². The zero-order valence-electron chi connectivity index (χ0n) is 18.8. The highest BCUT2D eigenvalue weighted by atomic mass is 79.9. The molecular formula is C25H24BrF2N3O2S. The van der Waals surface area contributed by atoms with Crippen molar-refractivity contribution in [3.05, 3.63) is 64.8 Å². The molecular weight excluding hydrogens is 524 g/mol. The number of piperazine rings is 1. The van der Waals surface area contributed by atoms with E-state index in [9.17, 15) is 13.0 Å². The van der Waals surface area contributed by atoms with E-state index in [-0.39, 0.29) is 5.56 Å². The van der Waals surface area contributed by atoms with Gasteiger partial charge >= 0.3 is 0 Å². The minimum atomic E-state index is -2.68. The van der Waals surface area contributed by atoms with Crippen LogP contribution < -0.4 is 9.64 Å². The van der Waals surface area contributed by atoms with E-state index in [0.717, 1.165) is 48.4 Å². The van der Waals surface area contributed by atoms with Crippen LogP contribution >= 0.6 is 15.9 Å². The zero-order valence-corrected chi connectivity index (χ0v) is 21.2. The van der Waals surface area contributed by atoms with Crippen molar-refractivity contribution in [2.24, 2.45) is 0 Å². The van der Waals surface area contributed by atoms with Crippen molar-refractivity contribution in [3.8, 4) is 5.75 Å². The molecule has 1 unspecified atom stereocenters. The lowest BCUT2D eigenvalue weighted by molar-refractivity contribution is 0.153. The highest BCUT2D eigenvalue weighted by Gasteiger charge is 2.25. The number of benzene rings is 3. The molecule has 1 aliphatic heterocycles. The molecule has 1 atom stereocenters. The number of ether oxygens (including phenoxy) is 1. The minimum Gasteiger partial charge on any atom is -0.494 e. The van der Waals surface area contributed by atoms with Gasteiger partial charge in [-0.25, -0.2) is 13.0 Å². The molecule has 2 heterocycles. The van der Waals surface area contributed by atoms with Crippen molar-refractivity contribution in [1.82, 2.24) is 8.87 Å². The van der Waals surface area contributed by atoms with E-state index in [1.807, 2.05) is 30.3 Å². The molecule has 0 aliphatic carbocycles. The third-order valence-corrected chi connectivity index (χ3v) is 8.22. The molecule has 1 aromatic heterocycles. The number of hydrogen-bond acceptors (Lipinski definition) is 4. The number of aromatic nitrogens is 1. The number of methoxy groups -OCH3 is 1. The summed E-state index contributed by atoms with van der Waals surface area (Å²) < 4.78 is 49.7. The Morgan fingerprint density at radius 2 is 1.71 bits per heavy atom. The lowest BCUT2D eigenvalue weighted by Gasteiger charge is -2.35. The first-order valence-electron chi connectivity index (χ1n) is 10.9. The molecule has 1 aliphatic rings. The van der Waals surface area contributed by atoms with Gasteiger partial charge in [0.25, 0.3) is 6.43 Å². The molecule has 0 bridgehead atoms. The molecule has 3 aromatic carbocycles. The zero-order chi connectivity index (χ0) is 24.0. The first-order valence-corrected chi connectivity index (χ1v) is 12.8. The van der Waals surface area contributed by atoms with E-state index in [0.29, 0.717) is 20.3 Å². The van der Waals surface area contributed by atoms with Gasteiger partial charge in [-0.2, -0.15) is 0 Å². The van der Waals surface area contributed by atoms with Crippen LogP contribution in [-0.2, 0) is 11.0 Å². The highest BCUT2D eigenvalue weighted by Crippen LogP contribution is 2.41. The van der Waals surface area contributed by atoms with Crippen LogP contribution in [0, 0.1) is 0 Å². The second kappa shape index (κ2) is 9.28. The molecule has 1 fully saturated rings. The highest BCUT2D eigenvalue weighted by molar-refractivity contribution is 9.10. The van der Waals surface area contributed by atoms with Gasteiger partial charge in [-0.1, -0.05) is 40.2 Å². The molecule has 34 heavy (non-hydrogen) atoms. The van der Waals surface area contributed by atoms with Crippen molar-refractivity contribution in [3.63, 3.8) is 0 Å². The number of likely N-dealkylation sites (N-methyl/N-ethyl adjacent to an activating group) is 1. The summed E-state index contributed by atoms with van der Waals surface area (Å²) in [6, 6.07) is 14.7. The summed E-state index contributed by atoms with van der Waals surface area (Å²) in [7, 11) is 1.98. The molecule has 178 valence electrons. The molecule has 0 amide bonds. The van der Waals surface area contributed by atoms with Crippen LogP contribution in [0.25, 0.3) is 21.7 Å². The fraction of sp³-hybridized carbons (Fsp3) is 0.280. The van der Waals surface area contributed by atoms with Crippen LogP contribution in [0.15, 0.2) is 64.1 Å². The largest absolute Gasteiger partial charge is 0.494 e. The minimum absolute atomic E-state index is 0.137. The first-order chi connectivity index (χ1) is 16.4. The SMILES string of the molecule is COc1c(N2CCN(C)CC2)cc(S(=O)n2cc(C(F)F)c3cc(Br)ccc32)c2ccccc12. The van der Waals surface area contributed by atoms with E-state index in [2.05, 4.69) is 32.8 Å². The lowest BCUT2D eigenvalue weighted by atomic mass is 10.1. The summed E-state index contributed by atoms with van der Waals surface area (Å²) in [4.78, 5) is 5.06. The van der Waals surface area contributed by atoms with E-state index < -0.39 is 17.4 Å². The average molecular weight is 548 g/mol. The number of alkyl halides is 2. The Morgan fingerprint density at radius 3 is 2.38 bits per heavy atom. The fourth-order valence-electron chi connectivity index (χ4n) is 4.56. The topological polar surface area (TPSA) is 37.7 Å². The Hall–Kier alpha value is -2.49. The number of halogens is 3. The van der Waals surface area contributed by atoms with E-state index in [1.165, 1.54) is 10.2 Å². The Kier molecular flexibility index (Phi) is 6.35. The van der Waals surface area contributed by atoms with Crippen LogP contribution in [0.2, 0.25) is 0 Å². The number of nitrogens with zero attached hydrogens (tertiary/aromatic N) is 3. The average Bonchev–Trinajstić information content (AvgIpc) is 3.22. The van der Waals surface area contributed by atoms with Crippen molar-refractivity contribution in [2.75, 3.05) is 45.2 Å². The molecule has 0 N–H and O–H groups in total. The third-order valence-electron chi connectivity index (χ3n) is 6.35. The van der Waals surface area contributed by atoms with Crippen molar-refractivity contribution in [2.45, 2.75) is 11.3 Å². The van der Waals surface area contributed by atoms with E-state index >= 15 is 0 Å². The maximum absolute atomic E-state index is 14.0. The van der Waals surface area contributed by atoms with Crippen LogP contribution in [0.5, 0.6) is 5.75 Å². The predicted octanol–water partition coefficient (Wildman–Crippen LogP) is 5.83. The fourth-order valence-corrected chi connectivity index (χ4v) is 6.26. The molecule has 5 nitrogen and oxygen atoms in total. The maximum atomic E-state index is 14.0. The van der Waals surface area contributed by atoms with Gasteiger partial charge in [-0.15, -0.1) is 0 Å². The van der Waals surface area contributed by atoms with Crippen molar-refractivity contribution in [1.29, 1.82) is 0 Å². The summed E-state index contributed by atoms with van der Waals surface area (Å²) >= 11 is 3.36. The Morgan fingerprint density at radius 1 is 1.00 bits per heavy atom. The summed E-state index contributed by atoms with van der Waals surface area (Å²) in [6.45, 7) is 3.44. The third kappa shape index (κ3) is 3.99. The van der Waals surface area contributed by atoms with Gasteiger partial charge in [0.05, 0.1) is 23.2 Å². The van der Waals surface area contributed by atoms with E-state index in [1.54, 1.807) is 25.3 Å². The molecule has 4 aromatic rings. The molecule has 5 rings (SSSR count). The number of anilines is 1. The van der Waals surface area contributed by atoms with Gasteiger partial charge in [0.1, 0.15) is 5.75 Å². The first kappa shape index (κ1) is 23.3. The van der Waals surface area contributed by atoms with Crippen LogP contribution in [0.3, 0.4) is 0 Å². The number of rotatable bonds is 5. The van der Waals surface area contributed by atoms with Gasteiger partial charge in [0, 0.05) is 58.6 Å². The Balaban J connectivity index is 1.72. The molecule has 0 spiro atoms. The van der Waals surface area contributed by atoms with Gasteiger partial charge in [-0.05, 0) is 31.3 Å². The number of hydrogen-bond donors (Lipinski definition) is 0. The second-order valence-corrected chi connectivity index (χ2v) is 10.6. The summed E-state index contributed by atoms with van der Waals surface area (Å²) in [5, 5.41) is 2.00. The van der Waals surface area contributed by atoms with Crippen LogP contribution in [-0.4, -0.2) is 53.4 Å². The monoisotopic (exact) mass is 547 g/mol. The van der Waals surface area contributed by atoms with Gasteiger partial charge in [-0.3, -0.25) is 3.97 Å². The van der Waals surface area contributed by atoms with Crippen molar-refractivity contribution >= 4 is 54.3 Å². The van der Waals surface area contributed by atoms with Gasteiger partial charge in [0.15, 0.2) is 11.0 Å². The standard InChI is InChI=1S/C25H24BrF2N3O2S/c1-29-9-11-30(12-10-29)22-14-23(17-5-3-4-6-18(17)24(22)33-2)34(32)31-15-20(25(27)28)19-13-16(26)7-8-21(19)31/h3-8,13-15,25H,9-12H2,1-2H3. The molecule has 0 saturated carbocycles. The second-order valence-electron chi connectivity index (χ2n) is 8.38. The van der Waals surface area contributed by atoms with Crippen LogP contribution in [0.4, 0.5) is 14.5 Å². The maximum Gasteiger partial charge on any atom is 0.265 e. The molecule has 1 saturated heterocycles. The predicted molar refractivity (Wildman–Crippen MR) is 137 cm³/mol. The quantitative estimate of drug-likeness (QED) is 0.315. The smallest absolute Gasteiger partial charge is 0.265 e. The summed E-state index contributed by atoms with van der Waals surface area (Å²) in [5.74, 6) is 0.732. The normalized spacial score (nSPS) is 16.0. The number of fused-ring (bicyclic) bond motifs is 2. The molecule has 9 heteroatoms. The summed E-state index contributed by atoms with van der Waals surface area (Å²) in [6.07, 6.45) is -1.37. The van der Waals surface area contributed by atoms with Gasteiger partial charge in [0.2, 0.25) is 0 Å².